The average molecular weight is 470 g/mol. The van der Waals surface area contributed by atoms with Crippen LogP contribution in [0.2, 0.25) is 0 Å². The van der Waals surface area contributed by atoms with Gasteiger partial charge in [0.2, 0.25) is 0 Å². The van der Waals surface area contributed by atoms with E-state index in [1.807, 2.05) is 19.1 Å². The minimum absolute atomic E-state index is 0.0149. The topological polar surface area (TPSA) is 142 Å². The first kappa shape index (κ1) is 22.1. The largest absolute Gasteiger partial charge is 0.373 e. The van der Waals surface area contributed by atoms with Gasteiger partial charge in [-0.05, 0) is 44.0 Å². The Bertz CT molecular complexity index is 1530. The summed E-state index contributed by atoms with van der Waals surface area (Å²) in [6, 6.07) is 12.7. The Labute approximate surface area is 200 Å². The number of nitrogens with zero attached hydrogens (tertiary/aromatic N) is 6. The summed E-state index contributed by atoms with van der Waals surface area (Å²) in [5.41, 5.74) is 1.46. The van der Waals surface area contributed by atoms with Crippen LogP contribution in [0.15, 0.2) is 53.6 Å². The molecule has 0 spiro atoms. The van der Waals surface area contributed by atoms with Crippen molar-refractivity contribution in [1.29, 1.82) is 5.26 Å². The van der Waals surface area contributed by atoms with Crippen LogP contribution < -0.4 is 21.5 Å². The molecule has 4 aromatic rings. The number of fused-ring (bicyclic) bond motifs is 1. The lowest BCUT2D eigenvalue weighted by Gasteiger charge is -2.30. The van der Waals surface area contributed by atoms with Crippen molar-refractivity contribution >= 4 is 28.9 Å². The molecule has 4 heterocycles. The normalized spacial score (nSPS) is 16.8. The molecule has 3 N–H and O–H groups in total. The highest BCUT2D eigenvalue weighted by Crippen LogP contribution is 2.27. The lowest BCUT2D eigenvalue weighted by molar-refractivity contribution is 0.0906. The molecule has 1 amide bonds. The van der Waals surface area contributed by atoms with Crippen LogP contribution in [0.25, 0.3) is 11.5 Å². The van der Waals surface area contributed by atoms with Crippen LogP contribution >= 0.6 is 0 Å². The van der Waals surface area contributed by atoms with Crippen LogP contribution in [0, 0.1) is 24.2 Å². The summed E-state index contributed by atoms with van der Waals surface area (Å²) in [4.78, 5) is 35.0. The number of carbonyl (C=O) groups excluding carboxylic acids is 1. The zero-order valence-electron chi connectivity index (χ0n) is 19.2. The highest BCUT2D eigenvalue weighted by Gasteiger charge is 2.31. The van der Waals surface area contributed by atoms with Crippen molar-refractivity contribution in [3.8, 4) is 11.9 Å². The first-order chi connectivity index (χ1) is 17.0. The predicted octanol–water partition coefficient (Wildman–Crippen LogP) is 2.40. The number of nitrogens with one attached hydrogen (secondary N) is 3. The van der Waals surface area contributed by atoms with Gasteiger partial charge in [0.05, 0.1) is 18.2 Å². The lowest BCUT2D eigenvalue weighted by Crippen LogP contribution is -2.43. The first-order valence-corrected chi connectivity index (χ1v) is 11.2. The van der Waals surface area contributed by atoms with E-state index in [-0.39, 0.29) is 23.4 Å². The van der Waals surface area contributed by atoms with Gasteiger partial charge in [-0.1, -0.05) is 6.07 Å². The van der Waals surface area contributed by atoms with Gasteiger partial charge in [0, 0.05) is 31.0 Å². The van der Waals surface area contributed by atoms with E-state index in [4.69, 9.17) is 5.26 Å². The Morgan fingerprint density at radius 3 is 2.77 bits per heavy atom. The second kappa shape index (κ2) is 8.90. The van der Waals surface area contributed by atoms with E-state index in [0.717, 1.165) is 5.69 Å². The van der Waals surface area contributed by atoms with E-state index in [0.29, 0.717) is 47.2 Å². The number of nitriles is 1. The first-order valence-electron chi connectivity index (χ1n) is 11.2. The Balaban J connectivity index is 1.47. The fourth-order valence-corrected chi connectivity index (χ4v) is 4.04. The van der Waals surface area contributed by atoms with Gasteiger partial charge in [0.1, 0.15) is 28.7 Å². The Hall–Kier alpha value is -4.72. The third-order valence-electron chi connectivity index (χ3n) is 5.96. The second-order valence-corrected chi connectivity index (χ2v) is 8.40. The van der Waals surface area contributed by atoms with E-state index in [9.17, 15) is 9.59 Å². The molecular formula is C24H23N9O2. The van der Waals surface area contributed by atoms with Crippen LogP contribution in [0.4, 0.5) is 17.3 Å². The zero-order valence-corrected chi connectivity index (χ0v) is 19.2. The molecule has 0 aromatic carbocycles. The van der Waals surface area contributed by atoms with E-state index in [2.05, 4.69) is 37.1 Å². The molecule has 0 aliphatic heterocycles. The van der Waals surface area contributed by atoms with Crippen molar-refractivity contribution in [2.24, 2.45) is 5.92 Å². The summed E-state index contributed by atoms with van der Waals surface area (Å²) in [6.07, 6.45) is 4.39. The van der Waals surface area contributed by atoms with E-state index in [1.54, 1.807) is 37.5 Å². The molecule has 0 atom stereocenters. The summed E-state index contributed by atoms with van der Waals surface area (Å²) in [6.45, 7) is 1.86. The summed E-state index contributed by atoms with van der Waals surface area (Å²) < 4.78 is 2.98. The maximum absolute atomic E-state index is 13.2. The van der Waals surface area contributed by atoms with Gasteiger partial charge < -0.3 is 16.0 Å². The fraction of sp³-hybridized carbons (Fsp3) is 0.250. The van der Waals surface area contributed by atoms with Gasteiger partial charge in [-0.2, -0.15) is 14.9 Å². The average Bonchev–Trinajstić information content (AvgIpc) is 3.26. The molecule has 1 fully saturated rings. The number of hydrogen-bond donors (Lipinski definition) is 3. The standard InChI is InChI=1S/C24H23N9O2/c1-14-5-3-7-20(28-14)32-8-4-6-18(24(32)35)30-19-11-21(26-2)33-22(31-19)17(13-27-33)23(34)29-16-9-15(10-16)12-25/h3-8,11,13,15-16,26H,9-10H2,1-2H3,(H,29,34)(H,30,31). The third kappa shape index (κ3) is 4.17. The van der Waals surface area contributed by atoms with Crippen LogP contribution in [0.3, 0.4) is 0 Å². The molecule has 11 nitrogen and oxygen atoms in total. The highest BCUT2D eigenvalue weighted by molar-refractivity contribution is 6.00. The number of hydrogen-bond acceptors (Lipinski definition) is 8. The summed E-state index contributed by atoms with van der Waals surface area (Å²) >= 11 is 0. The van der Waals surface area contributed by atoms with Crippen LogP contribution in [-0.4, -0.2) is 43.1 Å². The monoisotopic (exact) mass is 469 g/mol. The van der Waals surface area contributed by atoms with Crippen molar-refractivity contribution in [2.45, 2.75) is 25.8 Å². The molecule has 0 unspecified atom stereocenters. The number of amides is 1. The van der Waals surface area contributed by atoms with E-state index >= 15 is 0 Å². The Kier molecular flexibility index (Phi) is 5.62. The molecular weight excluding hydrogens is 446 g/mol. The molecule has 5 rings (SSSR count). The van der Waals surface area contributed by atoms with Crippen LogP contribution in [0.1, 0.15) is 28.9 Å². The van der Waals surface area contributed by atoms with Crippen molar-refractivity contribution in [1.82, 2.24) is 29.5 Å². The summed E-state index contributed by atoms with van der Waals surface area (Å²) in [5, 5.41) is 22.3. The third-order valence-corrected chi connectivity index (χ3v) is 5.96. The Morgan fingerprint density at radius 1 is 1.20 bits per heavy atom. The molecule has 0 bridgehead atoms. The number of rotatable bonds is 6. The van der Waals surface area contributed by atoms with Gasteiger partial charge in [0.25, 0.3) is 11.5 Å². The number of aromatic nitrogens is 5. The molecule has 1 saturated carbocycles. The molecule has 176 valence electrons. The SMILES string of the molecule is CNc1cc(Nc2cccn(-c3cccc(C)n3)c2=O)nc2c(C(=O)NC3CC(C#N)C3)cnn12. The quantitative estimate of drug-likeness (QED) is 0.391. The smallest absolute Gasteiger partial charge is 0.279 e. The fourth-order valence-electron chi connectivity index (χ4n) is 4.04. The van der Waals surface area contributed by atoms with Crippen LogP contribution in [0.5, 0.6) is 0 Å². The van der Waals surface area contributed by atoms with E-state index in [1.165, 1.54) is 15.3 Å². The number of carbonyl (C=O) groups is 1. The number of anilines is 3. The van der Waals surface area contributed by atoms with E-state index < -0.39 is 0 Å². The molecule has 0 radical (unpaired) electrons. The molecule has 1 aliphatic rings. The summed E-state index contributed by atoms with van der Waals surface area (Å²) in [7, 11) is 1.73. The molecule has 4 aromatic heterocycles. The molecule has 35 heavy (non-hydrogen) atoms. The molecule has 11 heteroatoms. The second-order valence-electron chi connectivity index (χ2n) is 8.40. The minimum atomic E-state index is -0.305. The van der Waals surface area contributed by atoms with Crippen molar-refractivity contribution < 1.29 is 4.79 Å². The lowest BCUT2D eigenvalue weighted by atomic mass is 9.81. The van der Waals surface area contributed by atoms with Crippen molar-refractivity contribution in [3.05, 3.63) is 70.4 Å². The molecule has 0 saturated heterocycles. The molecule has 1 aliphatic carbocycles. The van der Waals surface area contributed by atoms with Crippen molar-refractivity contribution in [2.75, 3.05) is 17.7 Å². The minimum Gasteiger partial charge on any atom is -0.373 e. The van der Waals surface area contributed by atoms with Crippen LogP contribution in [-0.2, 0) is 0 Å². The highest BCUT2D eigenvalue weighted by atomic mass is 16.2. The van der Waals surface area contributed by atoms with Gasteiger partial charge in [-0.15, -0.1) is 0 Å². The maximum atomic E-state index is 13.2. The summed E-state index contributed by atoms with van der Waals surface area (Å²) in [5.74, 6) is 1.15. The predicted molar refractivity (Wildman–Crippen MR) is 130 cm³/mol. The van der Waals surface area contributed by atoms with Gasteiger partial charge in [-0.3, -0.25) is 14.2 Å². The Morgan fingerprint density at radius 2 is 2.03 bits per heavy atom. The van der Waals surface area contributed by atoms with Gasteiger partial charge >= 0.3 is 0 Å². The number of aryl methyl sites for hydroxylation is 1. The van der Waals surface area contributed by atoms with Gasteiger partial charge in [0.15, 0.2) is 5.65 Å². The number of pyridine rings is 2. The maximum Gasteiger partial charge on any atom is 0.279 e. The van der Waals surface area contributed by atoms with Crippen molar-refractivity contribution in [3.63, 3.8) is 0 Å². The zero-order chi connectivity index (χ0) is 24.5. The van der Waals surface area contributed by atoms with Gasteiger partial charge in [-0.25, -0.2) is 9.97 Å².